The minimum absolute atomic E-state index is 0.122. The van der Waals surface area contributed by atoms with Gasteiger partial charge in [0.05, 0.1) is 16.3 Å². The van der Waals surface area contributed by atoms with Gasteiger partial charge < -0.3 is 10.5 Å². The number of amides is 1. The number of hydrogen-bond donors (Lipinski definition) is 1. The minimum Gasteiger partial charge on any atom is -0.487 e. The molecule has 0 saturated carbocycles. The highest BCUT2D eigenvalue weighted by atomic mass is 35.5. The maximum absolute atomic E-state index is 11.3. The van der Waals surface area contributed by atoms with E-state index in [4.69, 9.17) is 33.7 Å². The lowest BCUT2D eigenvalue weighted by Gasteiger charge is -2.08. The molecular weight excluding hydrogens is 287 g/mol. The second kappa shape index (κ2) is 5.91. The van der Waals surface area contributed by atoms with E-state index in [1.165, 1.54) is 12.3 Å². The lowest BCUT2D eigenvalue weighted by molar-refractivity contribution is 0.0997. The minimum atomic E-state index is -0.593. The van der Waals surface area contributed by atoms with Gasteiger partial charge >= 0.3 is 0 Å². The molecule has 0 radical (unpaired) electrons. The number of carbonyl (C=O) groups is 1. The van der Waals surface area contributed by atoms with Gasteiger partial charge in [-0.3, -0.25) is 9.78 Å². The molecule has 1 aromatic heterocycles. The van der Waals surface area contributed by atoms with Crippen LogP contribution >= 0.6 is 23.2 Å². The van der Waals surface area contributed by atoms with Crippen LogP contribution in [0.25, 0.3) is 0 Å². The molecule has 0 aliphatic carbocycles. The van der Waals surface area contributed by atoms with Gasteiger partial charge in [-0.2, -0.15) is 0 Å². The highest BCUT2D eigenvalue weighted by molar-refractivity contribution is 6.31. The maximum atomic E-state index is 11.3. The fraction of sp³-hybridized carbons (Fsp3) is 0.0769. The van der Waals surface area contributed by atoms with Crippen molar-refractivity contribution >= 4 is 29.1 Å². The molecule has 1 aromatic carbocycles. The molecule has 0 bridgehead atoms. The predicted molar refractivity (Wildman–Crippen MR) is 73.5 cm³/mol. The van der Waals surface area contributed by atoms with E-state index >= 15 is 0 Å². The molecule has 1 amide bonds. The Hall–Kier alpha value is -1.78. The summed E-state index contributed by atoms with van der Waals surface area (Å²) in [5.74, 6) is 0.0290. The summed E-state index contributed by atoms with van der Waals surface area (Å²) in [4.78, 5) is 15.3. The van der Waals surface area contributed by atoms with Gasteiger partial charge in [-0.25, -0.2) is 0 Å². The lowest BCUT2D eigenvalue weighted by Crippen LogP contribution is -2.16. The van der Waals surface area contributed by atoms with E-state index in [2.05, 4.69) is 4.98 Å². The van der Waals surface area contributed by atoms with E-state index < -0.39 is 5.91 Å². The Kier molecular flexibility index (Phi) is 4.24. The molecule has 0 spiro atoms. The first-order valence-electron chi connectivity index (χ1n) is 5.39. The Labute approximate surface area is 120 Å². The Balaban J connectivity index is 2.15. The van der Waals surface area contributed by atoms with Crippen LogP contribution in [0.2, 0.25) is 10.0 Å². The van der Waals surface area contributed by atoms with Crippen LogP contribution in [-0.4, -0.2) is 10.9 Å². The number of aromatic nitrogens is 1. The van der Waals surface area contributed by atoms with Crippen molar-refractivity contribution in [3.63, 3.8) is 0 Å². The molecular formula is C13H10Cl2N2O2. The molecule has 0 aliphatic rings. The summed E-state index contributed by atoms with van der Waals surface area (Å²) in [7, 11) is 0. The molecule has 0 fully saturated rings. The van der Waals surface area contributed by atoms with Crippen molar-refractivity contribution in [3.05, 3.63) is 57.8 Å². The Morgan fingerprint density at radius 3 is 2.53 bits per heavy atom. The highest BCUT2D eigenvalue weighted by Crippen LogP contribution is 2.18. The Bertz CT molecular complexity index is 600. The third kappa shape index (κ3) is 3.59. The average Bonchev–Trinajstić information content (AvgIpc) is 2.39. The van der Waals surface area contributed by atoms with Crippen molar-refractivity contribution in [1.29, 1.82) is 0 Å². The number of ether oxygens (including phenoxy) is 1. The molecule has 0 unspecified atom stereocenters. The number of halogens is 2. The van der Waals surface area contributed by atoms with Gasteiger partial charge in [-0.05, 0) is 30.3 Å². The average molecular weight is 297 g/mol. The van der Waals surface area contributed by atoms with Crippen LogP contribution in [0.4, 0.5) is 0 Å². The van der Waals surface area contributed by atoms with Gasteiger partial charge in [-0.15, -0.1) is 0 Å². The number of rotatable bonds is 4. The molecule has 98 valence electrons. The third-order valence-electron chi connectivity index (χ3n) is 2.39. The summed E-state index contributed by atoms with van der Waals surface area (Å²) in [6.45, 7) is 0.122. The van der Waals surface area contributed by atoms with E-state index in [-0.39, 0.29) is 12.2 Å². The summed E-state index contributed by atoms with van der Waals surface area (Å²) in [6, 6.07) is 8.34. The summed E-state index contributed by atoms with van der Waals surface area (Å²) in [6.07, 6.45) is 1.44. The van der Waals surface area contributed by atoms with Crippen molar-refractivity contribution in [2.45, 2.75) is 6.61 Å². The molecule has 2 rings (SSSR count). The molecule has 0 aliphatic heterocycles. The zero-order chi connectivity index (χ0) is 13.8. The maximum Gasteiger partial charge on any atom is 0.250 e. The van der Waals surface area contributed by atoms with Crippen molar-refractivity contribution in [1.82, 2.24) is 4.98 Å². The number of benzene rings is 1. The van der Waals surface area contributed by atoms with Crippen LogP contribution in [0.3, 0.4) is 0 Å². The van der Waals surface area contributed by atoms with Crippen LogP contribution in [0.15, 0.2) is 36.5 Å². The third-order valence-corrected chi connectivity index (χ3v) is 2.85. The molecule has 2 aromatic rings. The standard InChI is InChI=1S/C13H10Cl2N2O2/c14-8-1-3-10(4-2-8)19-7-12-11(13(16)18)5-9(15)6-17-12/h1-6H,7H2,(H2,16,18). The summed E-state index contributed by atoms with van der Waals surface area (Å²) in [5, 5.41) is 0.971. The normalized spacial score (nSPS) is 10.2. The van der Waals surface area contributed by atoms with Crippen molar-refractivity contribution in [2.24, 2.45) is 5.73 Å². The van der Waals surface area contributed by atoms with Gasteiger partial charge in [-0.1, -0.05) is 23.2 Å². The summed E-state index contributed by atoms with van der Waals surface area (Å²) in [5.41, 5.74) is 5.95. The number of nitrogens with two attached hydrogens (primary N) is 1. The zero-order valence-corrected chi connectivity index (χ0v) is 11.3. The fourth-order valence-electron chi connectivity index (χ4n) is 1.48. The molecule has 4 nitrogen and oxygen atoms in total. The van der Waals surface area contributed by atoms with Crippen molar-refractivity contribution in [2.75, 3.05) is 0 Å². The van der Waals surface area contributed by atoms with Gasteiger partial charge in [0.15, 0.2) is 0 Å². The largest absolute Gasteiger partial charge is 0.487 e. The molecule has 1 heterocycles. The van der Waals surface area contributed by atoms with E-state index in [9.17, 15) is 4.79 Å². The van der Waals surface area contributed by atoms with Gasteiger partial charge in [0.1, 0.15) is 12.4 Å². The van der Waals surface area contributed by atoms with Gasteiger partial charge in [0, 0.05) is 11.2 Å². The fourth-order valence-corrected chi connectivity index (χ4v) is 1.76. The van der Waals surface area contributed by atoms with Crippen molar-refractivity contribution < 1.29 is 9.53 Å². The van der Waals surface area contributed by atoms with E-state index in [1.54, 1.807) is 24.3 Å². The highest BCUT2D eigenvalue weighted by Gasteiger charge is 2.11. The SMILES string of the molecule is NC(=O)c1cc(Cl)cnc1COc1ccc(Cl)cc1. The van der Waals surface area contributed by atoms with Gasteiger partial charge in [0.25, 0.3) is 5.91 Å². The predicted octanol–water partition coefficient (Wildman–Crippen LogP) is 3.07. The number of hydrogen-bond acceptors (Lipinski definition) is 3. The summed E-state index contributed by atoms with van der Waals surface area (Å²) >= 11 is 11.5. The van der Waals surface area contributed by atoms with Crippen molar-refractivity contribution in [3.8, 4) is 5.75 Å². The van der Waals surface area contributed by atoms with Crippen LogP contribution in [0.5, 0.6) is 5.75 Å². The first-order valence-corrected chi connectivity index (χ1v) is 6.14. The van der Waals surface area contributed by atoms with Crippen LogP contribution in [0.1, 0.15) is 16.1 Å². The summed E-state index contributed by atoms with van der Waals surface area (Å²) < 4.78 is 5.51. The van der Waals surface area contributed by atoms with Crippen LogP contribution < -0.4 is 10.5 Å². The topological polar surface area (TPSA) is 65.2 Å². The Morgan fingerprint density at radius 2 is 1.89 bits per heavy atom. The molecule has 19 heavy (non-hydrogen) atoms. The quantitative estimate of drug-likeness (QED) is 0.943. The molecule has 0 atom stereocenters. The van der Waals surface area contributed by atoms with E-state index in [0.29, 0.717) is 21.5 Å². The number of nitrogens with zero attached hydrogens (tertiary/aromatic N) is 1. The first-order chi connectivity index (χ1) is 9.06. The number of carbonyl (C=O) groups excluding carboxylic acids is 1. The first kappa shape index (κ1) is 13.6. The smallest absolute Gasteiger partial charge is 0.250 e. The second-order valence-electron chi connectivity index (χ2n) is 3.75. The molecule has 6 heteroatoms. The van der Waals surface area contributed by atoms with Gasteiger partial charge in [0.2, 0.25) is 0 Å². The monoisotopic (exact) mass is 296 g/mol. The van der Waals surface area contributed by atoms with Crippen LogP contribution in [0, 0.1) is 0 Å². The second-order valence-corrected chi connectivity index (χ2v) is 4.63. The zero-order valence-electron chi connectivity index (χ0n) is 9.77. The Morgan fingerprint density at radius 1 is 1.21 bits per heavy atom. The van der Waals surface area contributed by atoms with Crippen LogP contribution in [-0.2, 0) is 6.61 Å². The number of pyridine rings is 1. The van der Waals surface area contributed by atoms with E-state index in [1.807, 2.05) is 0 Å². The number of primary amides is 1. The molecule has 0 saturated heterocycles. The molecule has 2 N–H and O–H groups in total. The lowest BCUT2D eigenvalue weighted by atomic mass is 10.2. The van der Waals surface area contributed by atoms with E-state index in [0.717, 1.165) is 0 Å².